The van der Waals surface area contributed by atoms with Crippen LogP contribution in [0, 0.1) is 13.8 Å². The van der Waals surface area contributed by atoms with Gasteiger partial charge in [-0.3, -0.25) is 0 Å². The van der Waals surface area contributed by atoms with E-state index in [1.54, 1.807) is 0 Å². The maximum absolute atomic E-state index is 5.59. The van der Waals surface area contributed by atoms with Gasteiger partial charge in [-0.1, -0.05) is 29.3 Å². The Kier molecular flexibility index (Phi) is 6.21. The molecule has 1 atom stereocenters. The highest BCUT2D eigenvalue weighted by atomic mass is 32.2. The summed E-state index contributed by atoms with van der Waals surface area (Å²) < 4.78 is 5.59. The number of ether oxygens (including phenoxy) is 1. The minimum Gasteiger partial charge on any atom is -0.377 e. The summed E-state index contributed by atoms with van der Waals surface area (Å²) >= 11 is 2.00. The first-order chi connectivity index (χ1) is 9.24. The van der Waals surface area contributed by atoms with Gasteiger partial charge in [0.05, 0.1) is 6.10 Å². The van der Waals surface area contributed by atoms with E-state index in [2.05, 4.69) is 37.4 Å². The number of hydrogen-bond acceptors (Lipinski definition) is 3. The van der Waals surface area contributed by atoms with Gasteiger partial charge < -0.3 is 10.1 Å². The van der Waals surface area contributed by atoms with Crippen molar-refractivity contribution >= 4 is 11.8 Å². The molecule has 1 unspecified atom stereocenters. The van der Waals surface area contributed by atoms with E-state index in [-0.39, 0.29) is 0 Å². The van der Waals surface area contributed by atoms with E-state index in [4.69, 9.17) is 4.74 Å². The van der Waals surface area contributed by atoms with E-state index in [9.17, 15) is 0 Å². The summed E-state index contributed by atoms with van der Waals surface area (Å²) in [5, 5.41) is 3.49. The molecule has 2 rings (SSSR count). The maximum atomic E-state index is 5.59. The predicted molar refractivity (Wildman–Crippen MR) is 83.9 cm³/mol. The van der Waals surface area contributed by atoms with Crippen molar-refractivity contribution < 1.29 is 4.74 Å². The van der Waals surface area contributed by atoms with Crippen molar-refractivity contribution in [1.82, 2.24) is 5.32 Å². The molecule has 1 aliphatic rings. The number of aryl methyl sites for hydroxylation is 2. The molecule has 2 nitrogen and oxygen atoms in total. The maximum Gasteiger partial charge on any atom is 0.0700 e. The molecule has 0 saturated carbocycles. The molecule has 106 valence electrons. The Morgan fingerprint density at radius 3 is 2.74 bits per heavy atom. The van der Waals surface area contributed by atoms with Crippen LogP contribution in [0.25, 0.3) is 0 Å². The lowest BCUT2D eigenvalue weighted by atomic mass is 10.1. The fraction of sp³-hybridized carbons (Fsp3) is 0.625. The lowest BCUT2D eigenvalue weighted by Crippen LogP contribution is -2.27. The van der Waals surface area contributed by atoms with Crippen LogP contribution in [0.1, 0.15) is 29.5 Å². The van der Waals surface area contributed by atoms with Gasteiger partial charge in [0.15, 0.2) is 0 Å². The Labute approximate surface area is 121 Å². The van der Waals surface area contributed by atoms with Gasteiger partial charge in [0.25, 0.3) is 0 Å². The Morgan fingerprint density at radius 2 is 2.05 bits per heavy atom. The van der Waals surface area contributed by atoms with Crippen LogP contribution in [0.3, 0.4) is 0 Å². The molecule has 0 amide bonds. The SMILES string of the molecule is Cc1cc(C)cc(CSCCNCC2CCCO2)c1. The number of hydrogen-bond donors (Lipinski definition) is 1. The van der Waals surface area contributed by atoms with E-state index in [0.29, 0.717) is 6.10 Å². The quantitative estimate of drug-likeness (QED) is 0.774. The lowest BCUT2D eigenvalue weighted by Gasteiger charge is -2.10. The van der Waals surface area contributed by atoms with Crippen LogP contribution in [0.4, 0.5) is 0 Å². The first-order valence-electron chi connectivity index (χ1n) is 7.21. The van der Waals surface area contributed by atoms with Gasteiger partial charge in [-0.25, -0.2) is 0 Å². The average Bonchev–Trinajstić information content (AvgIpc) is 2.85. The summed E-state index contributed by atoms with van der Waals surface area (Å²) in [7, 11) is 0. The number of nitrogens with one attached hydrogen (secondary N) is 1. The average molecular weight is 279 g/mol. The van der Waals surface area contributed by atoms with Gasteiger partial charge in [0.2, 0.25) is 0 Å². The zero-order chi connectivity index (χ0) is 13.5. The molecule has 1 heterocycles. The van der Waals surface area contributed by atoms with Crippen LogP contribution in [0.15, 0.2) is 18.2 Å². The highest BCUT2D eigenvalue weighted by molar-refractivity contribution is 7.98. The van der Waals surface area contributed by atoms with Gasteiger partial charge in [-0.05, 0) is 32.3 Å². The highest BCUT2D eigenvalue weighted by Crippen LogP contribution is 2.15. The van der Waals surface area contributed by atoms with Crippen molar-refractivity contribution in [3.05, 3.63) is 34.9 Å². The fourth-order valence-corrected chi connectivity index (χ4v) is 3.39. The lowest BCUT2D eigenvalue weighted by molar-refractivity contribution is 0.110. The Bertz CT molecular complexity index is 368. The highest BCUT2D eigenvalue weighted by Gasteiger charge is 2.13. The molecule has 1 aromatic rings. The van der Waals surface area contributed by atoms with Crippen LogP contribution in [-0.4, -0.2) is 31.6 Å². The van der Waals surface area contributed by atoms with Crippen molar-refractivity contribution in [1.29, 1.82) is 0 Å². The largest absolute Gasteiger partial charge is 0.377 e. The molecule has 1 N–H and O–H groups in total. The Hall–Kier alpha value is -0.510. The summed E-state index contributed by atoms with van der Waals surface area (Å²) in [4.78, 5) is 0. The van der Waals surface area contributed by atoms with Crippen molar-refractivity contribution in [3.8, 4) is 0 Å². The molecule has 1 aliphatic heterocycles. The van der Waals surface area contributed by atoms with Crippen LogP contribution < -0.4 is 5.32 Å². The van der Waals surface area contributed by atoms with Crippen LogP contribution in [-0.2, 0) is 10.5 Å². The topological polar surface area (TPSA) is 21.3 Å². The molecule has 3 heteroatoms. The van der Waals surface area contributed by atoms with Gasteiger partial charge in [-0.2, -0.15) is 11.8 Å². The molecule has 0 radical (unpaired) electrons. The van der Waals surface area contributed by atoms with Crippen LogP contribution >= 0.6 is 11.8 Å². The second-order valence-electron chi connectivity index (χ2n) is 5.39. The van der Waals surface area contributed by atoms with E-state index in [0.717, 1.165) is 25.4 Å². The zero-order valence-electron chi connectivity index (χ0n) is 12.1. The van der Waals surface area contributed by atoms with Crippen molar-refractivity contribution in [2.75, 3.05) is 25.4 Å². The second-order valence-corrected chi connectivity index (χ2v) is 6.49. The number of benzene rings is 1. The molecular formula is C16H25NOS. The van der Waals surface area contributed by atoms with Crippen molar-refractivity contribution in [2.45, 2.75) is 38.5 Å². The minimum atomic E-state index is 0.462. The third-order valence-electron chi connectivity index (χ3n) is 3.37. The van der Waals surface area contributed by atoms with Gasteiger partial charge in [0, 0.05) is 31.2 Å². The van der Waals surface area contributed by atoms with Gasteiger partial charge >= 0.3 is 0 Å². The Morgan fingerprint density at radius 1 is 1.26 bits per heavy atom. The smallest absolute Gasteiger partial charge is 0.0700 e. The molecular weight excluding hydrogens is 254 g/mol. The van der Waals surface area contributed by atoms with Crippen molar-refractivity contribution in [2.24, 2.45) is 0 Å². The first kappa shape index (κ1) is 14.9. The molecule has 1 saturated heterocycles. The molecule has 1 fully saturated rings. The normalized spacial score (nSPS) is 18.9. The van der Waals surface area contributed by atoms with Gasteiger partial charge in [-0.15, -0.1) is 0 Å². The second kappa shape index (κ2) is 7.93. The standard InChI is InChI=1S/C16H25NOS/c1-13-8-14(2)10-15(9-13)12-19-7-5-17-11-16-4-3-6-18-16/h8-10,16-17H,3-7,11-12H2,1-2H3. The number of rotatable bonds is 7. The summed E-state index contributed by atoms with van der Waals surface area (Å²) in [6.45, 7) is 7.39. The molecule has 0 spiro atoms. The summed E-state index contributed by atoms with van der Waals surface area (Å²) in [6.07, 6.45) is 2.92. The first-order valence-corrected chi connectivity index (χ1v) is 8.37. The summed E-state index contributed by atoms with van der Waals surface area (Å²) in [5.74, 6) is 2.28. The number of thioether (sulfide) groups is 1. The molecule has 0 aliphatic carbocycles. The van der Waals surface area contributed by atoms with E-state index >= 15 is 0 Å². The Balaban J connectivity index is 1.56. The molecule has 0 bridgehead atoms. The van der Waals surface area contributed by atoms with E-state index in [1.807, 2.05) is 11.8 Å². The predicted octanol–water partition coefficient (Wildman–Crippen LogP) is 3.31. The monoisotopic (exact) mass is 279 g/mol. The van der Waals surface area contributed by atoms with Gasteiger partial charge in [0.1, 0.15) is 0 Å². The minimum absolute atomic E-state index is 0.462. The van der Waals surface area contributed by atoms with E-state index in [1.165, 1.54) is 35.3 Å². The molecule has 19 heavy (non-hydrogen) atoms. The van der Waals surface area contributed by atoms with Crippen molar-refractivity contribution in [3.63, 3.8) is 0 Å². The van der Waals surface area contributed by atoms with Crippen LogP contribution in [0.5, 0.6) is 0 Å². The molecule has 0 aromatic heterocycles. The third kappa shape index (κ3) is 5.55. The summed E-state index contributed by atoms with van der Waals surface area (Å²) in [5.41, 5.74) is 4.18. The fourth-order valence-electron chi connectivity index (χ4n) is 2.56. The third-order valence-corrected chi connectivity index (χ3v) is 4.40. The summed E-state index contributed by atoms with van der Waals surface area (Å²) in [6, 6.07) is 6.82. The van der Waals surface area contributed by atoms with Crippen LogP contribution in [0.2, 0.25) is 0 Å². The van der Waals surface area contributed by atoms with E-state index < -0.39 is 0 Å². The molecule has 1 aromatic carbocycles. The zero-order valence-corrected chi connectivity index (χ0v) is 12.9.